The zero-order valence-electron chi connectivity index (χ0n) is 16.9. The van der Waals surface area contributed by atoms with E-state index in [1.807, 2.05) is 44.2 Å². The molecule has 0 aliphatic heterocycles. The van der Waals surface area contributed by atoms with Gasteiger partial charge in [0.2, 0.25) is 5.91 Å². The van der Waals surface area contributed by atoms with E-state index >= 15 is 0 Å². The van der Waals surface area contributed by atoms with Crippen molar-refractivity contribution in [1.82, 2.24) is 5.32 Å². The first-order chi connectivity index (χ1) is 13.4. The summed E-state index contributed by atoms with van der Waals surface area (Å²) in [6.45, 7) is 4.02. The van der Waals surface area contributed by atoms with Gasteiger partial charge in [0.05, 0.1) is 6.10 Å². The summed E-state index contributed by atoms with van der Waals surface area (Å²) in [6.07, 6.45) is 4.65. The summed E-state index contributed by atoms with van der Waals surface area (Å²) in [6, 6.07) is 9.12. The van der Waals surface area contributed by atoms with Crippen LogP contribution in [0.25, 0.3) is 0 Å². The van der Waals surface area contributed by atoms with Crippen LogP contribution in [0.3, 0.4) is 0 Å². The van der Waals surface area contributed by atoms with Crippen molar-refractivity contribution in [3.05, 3.63) is 30.3 Å². The molecule has 6 nitrogen and oxygen atoms in total. The molecule has 28 heavy (non-hydrogen) atoms. The second kappa shape index (κ2) is 11.5. The predicted molar refractivity (Wildman–Crippen MR) is 113 cm³/mol. The van der Waals surface area contributed by atoms with Crippen LogP contribution in [-0.4, -0.2) is 40.3 Å². The van der Waals surface area contributed by atoms with Gasteiger partial charge in [-0.25, -0.2) is 0 Å². The van der Waals surface area contributed by atoms with Crippen LogP contribution >= 0.6 is 8.03 Å². The van der Waals surface area contributed by atoms with Gasteiger partial charge in [0.25, 0.3) is 0 Å². The Balaban J connectivity index is 1.87. The number of carbonyl (C=O) groups is 1. The fourth-order valence-corrected chi connectivity index (χ4v) is 5.00. The maximum atomic E-state index is 12.6. The zero-order valence-corrected chi connectivity index (χ0v) is 17.8. The van der Waals surface area contributed by atoms with Gasteiger partial charge in [0.1, 0.15) is 6.04 Å². The molecule has 156 valence electrons. The first-order valence-corrected chi connectivity index (χ1v) is 11.6. The number of para-hydroxylation sites is 1. The number of benzene rings is 1. The normalized spacial score (nSPS) is 19.0. The van der Waals surface area contributed by atoms with Gasteiger partial charge in [-0.15, -0.1) is 0 Å². The predicted octanol–water partition coefficient (Wildman–Crippen LogP) is 3.67. The SMILES string of the molecule is CC(C)[C@H](Nc1ccccc1)C(=O)NC[C@H](O)CC(C1CCCCC1)[P+](=O)O. The third-order valence-corrected chi connectivity index (χ3v) is 6.75. The summed E-state index contributed by atoms with van der Waals surface area (Å²) in [5, 5.41) is 16.4. The number of nitrogens with one attached hydrogen (secondary N) is 2. The first kappa shape index (κ1) is 22.8. The average molecular weight is 409 g/mol. The topological polar surface area (TPSA) is 98.7 Å². The summed E-state index contributed by atoms with van der Waals surface area (Å²) >= 11 is 0. The second-order valence-electron chi connectivity index (χ2n) is 8.13. The minimum atomic E-state index is -2.34. The lowest BCUT2D eigenvalue weighted by Crippen LogP contribution is -2.45. The maximum Gasteiger partial charge on any atom is 0.509 e. The zero-order chi connectivity index (χ0) is 20.5. The molecule has 0 heterocycles. The number of carbonyl (C=O) groups excluding carboxylic acids is 1. The highest BCUT2D eigenvalue weighted by atomic mass is 31.1. The third kappa shape index (κ3) is 7.16. The highest BCUT2D eigenvalue weighted by Gasteiger charge is 2.39. The van der Waals surface area contributed by atoms with Crippen LogP contribution < -0.4 is 10.6 Å². The molecule has 1 aromatic rings. The Morgan fingerprint density at radius 3 is 2.39 bits per heavy atom. The van der Waals surface area contributed by atoms with E-state index in [2.05, 4.69) is 10.6 Å². The van der Waals surface area contributed by atoms with Crippen molar-refractivity contribution in [2.75, 3.05) is 11.9 Å². The van der Waals surface area contributed by atoms with Crippen LogP contribution in [0, 0.1) is 11.8 Å². The molecule has 0 aromatic heterocycles. The molecule has 1 fully saturated rings. The quantitative estimate of drug-likeness (QED) is 0.442. The Labute approximate surface area is 169 Å². The van der Waals surface area contributed by atoms with E-state index in [9.17, 15) is 19.4 Å². The molecular formula is C21H34N2O4P+. The fourth-order valence-electron chi connectivity index (χ4n) is 3.92. The smallest absolute Gasteiger partial charge is 0.391 e. The molecule has 0 bridgehead atoms. The van der Waals surface area contributed by atoms with Crippen LogP contribution in [0.1, 0.15) is 52.4 Å². The van der Waals surface area contributed by atoms with Crippen molar-refractivity contribution in [2.24, 2.45) is 11.8 Å². The number of hydrogen-bond donors (Lipinski definition) is 4. The molecule has 2 rings (SSSR count). The van der Waals surface area contributed by atoms with Crippen LogP contribution in [0.4, 0.5) is 5.69 Å². The highest BCUT2D eigenvalue weighted by Crippen LogP contribution is 2.40. The van der Waals surface area contributed by atoms with Crippen molar-refractivity contribution in [3.63, 3.8) is 0 Å². The Bertz CT molecular complexity index is 620. The van der Waals surface area contributed by atoms with Gasteiger partial charge in [0, 0.05) is 24.6 Å². The monoisotopic (exact) mass is 409 g/mol. The number of amides is 1. The summed E-state index contributed by atoms with van der Waals surface area (Å²) in [7, 11) is -2.34. The van der Waals surface area contributed by atoms with Crippen LogP contribution in [0.15, 0.2) is 30.3 Å². The average Bonchev–Trinajstić information content (AvgIpc) is 2.69. The highest BCUT2D eigenvalue weighted by molar-refractivity contribution is 7.38. The number of anilines is 1. The van der Waals surface area contributed by atoms with E-state index in [1.54, 1.807) is 0 Å². The molecule has 1 amide bonds. The molecule has 1 aliphatic carbocycles. The summed E-state index contributed by atoms with van der Waals surface area (Å²) in [5.74, 6) is 0.0793. The van der Waals surface area contributed by atoms with Crippen molar-refractivity contribution in [1.29, 1.82) is 0 Å². The van der Waals surface area contributed by atoms with Gasteiger partial charge in [-0.3, -0.25) is 4.79 Å². The number of hydrogen-bond acceptors (Lipinski definition) is 4. The fraction of sp³-hybridized carbons (Fsp3) is 0.667. The van der Waals surface area contributed by atoms with Crippen LogP contribution in [-0.2, 0) is 9.36 Å². The minimum absolute atomic E-state index is 0.0688. The maximum absolute atomic E-state index is 12.6. The Morgan fingerprint density at radius 2 is 1.82 bits per heavy atom. The van der Waals surface area contributed by atoms with Gasteiger partial charge in [-0.2, -0.15) is 4.89 Å². The lowest BCUT2D eigenvalue weighted by atomic mass is 9.85. The van der Waals surface area contributed by atoms with E-state index in [0.29, 0.717) is 0 Å². The van der Waals surface area contributed by atoms with Gasteiger partial charge in [-0.05, 0) is 35.5 Å². The van der Waals surface area contributed by atoms with Crippen molar-refractivity contribution >= 4 is 19.6 Å². The molecule has 1 aromatic carbocycles. The molecule has 0 saturated heterocycles. The van der Waals surface area contributed by atoms with Gasteiger partial charge in [0.15, 0.2) is 5.66 Å². The van der Waals surface area contributed by atoms with Gasteiger partial charge < -0.3 is 15.7 Å². The van der Waals surface area contributed by atoms with E-state index in [1.165, 1.54) is 6.42 Å². The molecule has 4 N–H and O–H groups in total. The molecular weight excluding hydrogens is 375 g/mol. The van der Waals surface area contributed by atoms with Crippen LogP contribution in [0.5, 0.6) is 0 Å². The lowest BCUT2D eigenvalue weighted by molar-refractivity contribution is -0.123. The molecule has 0 spiro atoms. The number of rotatable bonds is 10. The van der Waals surface area contributed by atoms with E-state index in [0.717, 1.165) is 31.4 Å². The molecule has 1 aliphatic rings. The number of aliphatic hydroxyl groups excluding tert-OH is 1. The van der Waals surface area contributed by atoms with Gasteiger partial charge >= 0.3 is 8.03 Å². The summed E-state index contributed by atoms with van der Waals surface area (Å²) in [4.78, 5) is 22.3. The molecule has 4 atom stereocenters. The first-order valence-electron chi connectivity index (χ1n) is 10.3. The van der Waals surface area contributed by atoms with E-state index < -0.39 is 25.8 Å². The summed E-state index contributed by atoms with van der Waals surface area (Å²) < 4.78 is 11.8. The molecule has 2 unspecified atom stereocenters. The Kier molecular flexibility index (Phi) is 9.36. The van der Waals surface area contributed by atoms with Crippen molar-refractivity contribution in [3.8, 4) is 0 Å². The van der Waals surface area contributed by atoms with E-state index in [4.69, 9.17) is 0 Å². The lowest BCUT2D eigenvalue weighted by Gasteiger charge is -2.25. The largest absolute Gasteiger partial charge is 0.509 e. The Hall–Kier alpha value is -1.49. The third-order valence-electron chi connectivity index (χ3n) is 5.55. The number of aliphatic hydroxyl groups is 1. The van der Waals surface area contributed by atoms with Crippen LogP contribution in [0.2, 0.25) is 0 Å². The molecule has 7 heteroatoms. The standard InChI is InChI=1S/C21H33N2O4P/c1-15(2)20(23-17-11-7-4-8-12-17)21(25)22-14-18(24)13-19(28(26)27)16-9-5-3-6-10-16/h4,7-8,11-12,15-16,18-20,23-24H,3,5-6,9-10,13-14H2,1-2H3,(H-,22,25,26,27)/p+1/t18-,19?,20+/m1/s1. The summed E-state index contributed by atoms with van der Waals surface area (Å²) in [5.41, 5.74) is 0.470. The van der Waals surface area contributed by atoms with E-state index in [-0.39, 0.29) is 30.7 Å². The Morgan fingerprint density at radius 1 is 1.18 bits per heavy atom. The van der Waals surface area contributed by atoms with Gasteiger partial charge in [-0.1, -0.05) is 51.3 Å². The minimum Gasteiger partial charge on any atom is -0.391 e. The molecule has 1 saturated carbocycles. The molecule has 0 radical (unpaired) electrons. The van der Waals surface area contributed by atoms with Crippen molar-refractivity contribution < 1.29 is 19.4 Å². The van der Waals surface area contributed by atoms with Crippen molar-refractivity contribution in [2.45, 2.75) is 70.2 Å². The second-order valence-corrected chi connectivity index (χ2v) is 9.40.